The lowest BCUT2D eigenvalue weighted by Crippen LogP contribution is -2.62. The molecule has 57 heavy (non-hydrogen) atoms. The maximum Gasteiger partial charge on any atom is 0.316 e. The molecule has 4 aliphatic heterocycles. The van der Waals surface area contributed by atoms with E-state index >= 15 is 0 Å². The highest BCUT2D eigenvalue weighted by molar-refractivity contribution is 6.30. The first-order valence-corrected chi connectivity index (χ1v) is 19.4. The molecule has 0 saturated carbocycles. The second-order valence-corrected chi connectivity index (χ2v) is 16.4. The molecule has 0 aromatic heterocycles. The number of hydrogen-bond donors (Lipinski definition) is 3. The molecular weight excluding hydrogens is 746 g/mol. The number of aliphatic hydroxyl groups is 1. The molecular formula is C41H49NO15. The predicted octanol–water partition coefficient (Wildman–Crippen LogP) is 2.78. The Labute approximate surface area is 329 Å². The molecule has 2 aromatic carbocycles. The molecule has 14 atom stereocenters. The minimum atomic E-state index is -1.79. The Bertz CT molecular complexity index is 1980. The van der Waals surface area contributed by atoms with E-state index in [9.17, 15) is 34.5 Å². The molecule has 0 unspecified atom stereocenters. The number of aromatic hydroxyl groups is 2. The number of carbonyl (C=O) groups excluding carboxylic acids is 4. The van der Waals surface area contributed by atoms with E-state index in [0.717, 1.165) is 0 Å². The number of likely N-dealkylation sites (N-methyl/N-ethyl adjacent to an activating group) is 1. The van der Waals surface area contributed by atoms with Crippen LogP contribution < -0.4 is 0 Å². The molecule has 2 aliphatic carbocycles. The van der Waals surface area contributed by atoms with Gasteiger partial charge >= 0.3 is 5.97 Å². The molecule has 0 radical (unpaired) electrons. The highest BCUT2D eigenvalue weighted by Crippen LogP contribution is 2.53. The number of rotatable bonds is 6. The van der Waals surface area contributed by atoms with E-state index < -0.39 is 108 Å². The van der Waals surface area contributed by atoms with Crippen LogP contribution in [0.25, 0.3) is 0 Å². The molecule has 8 rings (SSSR count). The number of phenols is 2. The second kappa shape index (κ2) is 14.8. The van der Waals surface area contributed by atoms with Crippen molar-refractivity contribution in [1.82, 2.24) is 4.90 Å². The summed E-state index contributed by atoms with van der Waals surface area (Å²) in [6.07, 6.45) is -6.23. The van der Waals surface area contributed by atoms with Crippen LogP contribution >= 0.6 is 0 Å². The van der Waals surface area contributed by atoms with Gasteiger partial charge in [0.05, 0.1) is 48.3 Å². The van der Waals surface area contributed by atoms with Crippen LogP contribution in [-0.2, 0) is 47.5 Å². The number of Topliss-reactive ketones (excluding diaryl/α,β-unsaturated/α-hetero) is 1. The number of carbonyl (C=O) groups is 4. The van der Waals surface area contributed by atoms with Gasteiger partial charge in [-0.1, -0.05) is 12.1 Å². The highest BCUT2D eigenvalue weighted by atomic mass is 16.8. The van der Waals surface area contributed by atoms with Crippen molar-refractivity contribution in [2.75, 3.05) is 21.2 Å². The zero-order chi connectivity index (χ0) is 40.8. The third kappa shape index (κ3) is 6.78. The maximum absolute atomic E-state index is 13.9. The monoisotopic (exact) mass is 795 g/mol. The largest absolute Gasteiger partial charge is 0.507 e. The number of benzene rings is 2. The summed E-state index contributed by atoms with van der Waals surface area (Å²) in [4.78, 5) is 55.3. The van der Waals surface area contributed by atoms with Gasteiger partial charge in [-0.05, 0) is 59.5 Å². The van der Waals surface area contributed by atoms with Crippen LogP contribution in [0.4, 0.5) is 0 Å². The minimum Gasteiger partial charge on any atom is -0.507 e. The van der Waals surface area contributed by atoms with E-state index in [1.807, 2.05) is 32.8 Å². The van der Waals surface area contributed by atoms with Gasteiger partial charge in [0.1, 0.15) is 41.8 Å². The van der Waals surface area contributed by atoms with Gasteiger partial charge in [-0.2, -0.15) is 0 Å². The SMILES string of the molecule is COC(=O)[C@@H]1c2cc3c(c(O)c2[C@@H](O[C@H]2C[C@H](N(C)C)[C@H](O[C@H]4C[C@@H]5O[C@H]6CC(=O)[C@H](C)O[C@@H]6O[C@H]5[C@H](C)O4)[C@H](C)O2)C[C@@]1(C)O)C(=O)c1c(O)cccc1C3=O. The summed E-state index contributed by atoms with van der Waals surface area (Å²) < 4.78 is 49.4. The first-order chi connectivity index (χ1) is 27.0. The molecule has 2 aromatic rings. The quantitative estimate of drug-likeness (QED) is 0.307. The van der Waals surface area contributed by atoms with Crippen molar-refractivity contribution >= 4 is 23.3 Å². The zero-order valence-corrected chi connectivity index (χ0v) is 32.8. The average molecular weight is 796 g/mol. The number of phenolic OH excluding ortho intramolecular Hbond substituents is 2. The van der Waals surface area contributed by atoms with Crippen LogP contribution in [0.2, 0.25) is 0 Å². The van der Waals surface area contributed by atoms with Gasteiger partial charge in [0.15, 0.2) is 30.4 Å². The van der Waals surface area contributed by atoms with Crippen molar-refractivity contribution < 1.29 is 72.4 Å². The van der Waals surface area contributed by atoms with E-state index in [-0.39, 0.29) is 64.5 Å². The van der Waals surface area contributed by atoms with Gasteiger partial charge in [-0.25, -0.2) is 0 Å². The number of methoxy groups -OCH3 is 1. The average Bonchev–Trinajstić information content (AvgIpc) is 3.13. The lowest BCUT2D eigenvalue weighted by Gasteiger charge is -2.51. The number of hydrogen-bond acceptors (Lipinski definition) is 16. The number of fused-ring (bicyclic) bond motifs is 5. The van der Waals surface area contributed by atoms with Crippen LogP contribution in [-0.4, -0.2) is 138 Å². The second-order valence-electron chi connectivity index (χ2n) is 16.4. The number of esters is 1. The van der Waals surface area contributed by atoms with Gasteiger partial charge in [0.25, 0.3) is 0 Å². The van der Waals surface area contributed by atoms with Crippen molar-refractivity contribution in [1.29, 1.82) is 0 Å². The fourth-order valence-corrected chi connectivity index (χ4v) is 9.50. The molecule has 6 aliphatic rings. The molecule has 4 heterocycles. The van der Waals surface area contributed by atoms with Crippen molar-refractivity contribution in [2.24, 2.45) is 0 Å². The smallest absolute Gasteiger partial charge is 0.316 e. The van der Waals surface area contributed by atoms with Crippen molar-refractivity contribution in [3.05, 3.63) is 57.6 Å². The molecule has 4 saturated heterocycles. The molecule has 4 fully saturated rings. The highest BCUT2D eigenvalue weighted by Gasteiger charge is 2.54. The van der Waals surface area contributed by atoms with E-state index in [1.165, 1.54) is 38.3 Å². The molecule has 16 heteroatoms. The fourth-order valence-electron chi connectivity index (χ4n) is 9.50. The Kier molecular flexibility index (Phi) is 10.4. The van der Waals surface area contributed by atoms with Gasteiger partial charge in [-0.3, -0.25) is 19.2 Å². The van der Waals surface area contributed by atoms with E-state index in [4.69, 9.17) is 37.9 Å². The Hall–Kier alpha value is -3.84. The summed E-state index contributed by atoms with van der Waals surface area (Å²) >= 11 is 0. The Balaban J connectivity index is 1.05. The topological polar surface area (TPSA) is 206 Å². The third-order valence-electron chi connectivity index (χ3n) is 12.3. The van der Waals surface area contributed by atoms with E-state index in [0.29, 0.717) is 6.42 Å². The number of ketones is 3. The Morgan fingerprint density at radius 3 is 2.32 bits per heavy atom. The van der Waals surface area contributed by atoms with Crippen LogP contribution in [0.5, 0.6) is 11.5 Å². The first-order valence-electron chi connectivity index (χ1n) is 19.4. The molecule has 0 bridgehead atoms. The van der Waals surface area contributed by atoms with Gasteiger partial charge < -0.3 is 58.1 Å². The summed E-state index contributed by atoms with van der Waals surface area (Å²) in [5.74, 6) is -4.64. The number of nitrogens with zero attached hydrogens (tertiary/aromatic N) is 1. The molecule has 308 valence electrons. The predicted molar refractivity (Wildman–Crippen MR) is 195 cm³/mol. The normalized spacial score (nSPS) is 38.8. The summed E-state index contributed by atoms with van der Waals surface area (Å²) in [7, 11) is 4.96. The van der Waals surface area contributed by atoms with E-state index in [1.54, 1.807) is 6.92 Å². The van der Waals surface area contributed by atoms with Crippen LogP contribution in [0, 0.1) is 0 Å². The first kappa shape index (κ1) is 40.0. The van der Waals surface area contributed by atoms with Crippen molar-refractivity contribution in [3.8, 4) is 11.5 Å². The van der Waals surface area contributed by atoms with Crippen LogP contribution in [0.15, 0.2) is 24.3 Å². The molecule has 3 N–H and O–H groups in total. The summed E-state index contributed by atoms with van der Waals surface area (Å²) in [5, 5.41) is 34.4. The Morgan fingerprint density at radius 2 is 1.60 bits per heavy atom. The fraction of sp³-hybridized carbons (Fsp3) is 0.610. The van der Waals surface area contributed by atoms with Gasteiger partial charge in [0, 0.05) is 48.4 Å². The lowest BCUT2D eigenvalue weighted by atomic mass is 9.68. The summed E-state index contributed by atoms with van der Waals surface area (Å²) in [6, 6.07) is 5.14. The van der Waals surface area contributed by atoms with Gasteiger partial charge in [0.2, 0.25) is 5.78 Å². The lowest BCUT2D eigenvalue weighted by molar-refractivity contribution is -0.371. The molecule has 16 nitrogen and oxygen atoms in total. The maximum atomic E-state index is 13.9. The Morgan fingerprint density at radius 1 is 0.877 bits per heavy atom. The van der Waals surface area contributed by atoms with E-state index in [2.05, 4.69) is 0 Å². The van der Waals surface area contributed by atoms with Gasteiger partial charge in [-0.15, -0.1) is 0 Å². The third-order valence-corrected chi connectivity index (χ3v) is 12.3. The van der Waals surface area contributed by atoms with Crippen LogP contribution in [0.1, 0.15) is 108 Å². The summed E-state index contributed by atoms with van der Waals surface area (Å²) in [6.45, 7) is 6.86. The van der Waals surface area contributed by atoms with Crippen molar-refractivity contribution in [2.45, 2.75) is 139 Å². The zero-order valence-electron chi connectivity index (χ0n) is 32.8. The van der Waals surface area contributed by atoms with Crippen LogP contribution in [0.3, 0.4) is 0 Å². The molecule has 0 amide bonds. The molecule has 0 spiro atoms. The van der Waals surface area contributed by atoms with Crippen molar-refractivity contribution in [3.63, 3.8) is 0 Å². The summed E-state index contributed by atoms with van der Waals surface area (Å²) in [5.41, 5.74) is -2.51. The standard InChI is InChI=1S/C41H49NO15/c1-16-24(44)13-26-40(53-16)57-38-18(3)52-29(14-25(38)54-26)56-37-17(2)51-28(12-22(37)42(5)6)55-27-15-41(4,49)33(39(48)50-7)20-11-21-32(36(47)31(20)27)35(46)30-19(34(21)45)9-8-10-23(30)43/h8-11,16-18,22,25-29,33,37-38,40,43,47,49H,12-15H2,1-7H3/t16-,17-,18-,22-,25-,26-,27-,28-,29-,33-,37+,38-,40+,41+/m0/s1. The number of ether oxygens (including phenoxy) is 8. The minimum absolute atomic E-state index is 0.0299.